The molecule has 0 radical (unpaired) electrons. The van der Waals surface area contributed by atoms with Gasteiger partial charge in [0.2, 0.25) is 0 Å². The van der Waals surface area contributed by atoms with E-state index < -0.39 is 0 Å². The zero-order chi connectivity index (χ0) is 14.8. The normalized spacial score (nSPS) is 22.4. The van der Waals surface area contributed by atoms with Crippen LogP contribution in [0, 0.1) is 5.82 Å². The average molecular weight is 307 g/mol. The van der Waals surface area contributed by atoms with E-state index >= 15 is 0 Å². The van der Waals surface area contributed by atoms with Gasteiger partial charge in [-0.2, -0.15) is 0 Å². The molecule has 0 spiro atoms. The van der Waals surface area contributed by atoms with E-state index in [1.807, 2.05) is 7.05 Å². The van der Waals surface area contributed by atoms with Gasteiger partial charge in [-0.15, -0.1) is 10.2 Å². The Kier molecular flexibility index (Phi) is 4.26. The molecule has 3 rings (SSSR count). The van der Waals surface area contributed by atoms with Crippen LogP contribution in [0.1, 0.15) is 25.7 Å². The van der Waals surface area contributed by atoms with E-state index in [1.54, 1.807) is 22.8 Å². The maximum atomic E-state index is 13.9. The van der Waals surface area contributed by atoms with Gasteiger partial charge in [0.15, 0.2) is 11.0 Å². The number of aliphatic hydroxyl groups excluding tert-OH is 1. The molecule has 112 valence electrons. The van der Waals surface area contributed by atoms with Gasteiger partial charge < -0.3 is 9.67 Å². The van der Waals surface area contributed by atoms with Crippen LogP contribution in [-0.4, -0.2) is 31.2 Å². The van der Waals surface area contributed by atoms with Crippen LogP contribution in [-0.2, 0) is 7.05 Å². The molecular formula is C15H18FN3OS. The Morgan fingerprint density at radius 2 is 2.00 bits per heavy atom. The second kappa shape index (κ2) is 6.15. The summed E-state index contributed by atoms with van der Waals surface area (Å²) in [6.07, 6.45) is 3.74. The number of aliphatic hydroxyl groups is 1. The summed E-state index contributed by atoms with van der Waals surface area (Å²) in [7, 11) is 1.83. The molecule has 0 aliphatic heterocycles. The van der Waals surface area contributed by atoms with Crippen LogP contribution < -0.4 is 0 Å². The van der Waals surface area contributed by atoms with E-state index in [9.17, 15) is 9.50 Å². The summed E-state index contributed by atoms with van der Waals surface area (Å²) in [6, 6.07) is 6.55. The SMILES string of the molecule is Cn1c(SC2CCCCC2O)nnc1-c1ccccc1F. The number of benzene rings is 1. The lowest BCUT2D eigenvalue weighted by atomic mass is 9.97. The molecule has 0 amide bonds. The Morgan fingerprint density at radius 3 is 2.76 bits per heavy atom. The quantitative estimate of drug-likeness (QED) is 0.947. The minimum Gasteiger partial charge on any atom is -0.392 e. The van der Waals surface area contributed by atoms with Crippen LogP contribution in [0.2, 0.25) is 0 Å². The van der Waals surface area contributed by atoms with Crippen LogP contribution in [0.3, 0.4) is 0 Å². The summed E-state index contributed by atoms with van der Waals surface area (Å²) in [5, 5.41) is 19.2. The monoisotopic (exact) mass is 307 g/mol. The first-order valence-electron chi connectivity index (χ1n) is 7.16. The highest BCUT2D eigenvalue weighted by Crippen LogP contribution is 2.34. The summed E-state index contributed by atoms with van der Waals surface area (Å²) < 4.78 is 15.7. The van der Waals surface area contributed by atoms with E-state index in [0.717, 1.165) is 30.8 Å². The Morgan fingerprint density at radius 1 is 1.24 bits per heavy atom. The Balaban J connectivity index is 1.84. The predicted molar refractivity (Wildman–Crippen MR) is 80.5 cm³/mol. The summed E-state index contributed by atoms with van der Waals surface area (Å²) >= 11 is 1.54. The molecule has 0 saturated heterocycles. The van der Waals surface area contributed by atoms with Gasteiger partial charge in [0, 0.05) is 12.3 Å². The molecule has 1 aromatic carbocycles. The lowest BCUT2D eigenvalue weighted by Crippen LogP contribution is -2.27. The predicted octanol–water partition coefficient (Wildman–Crippen LogP) is 3.02. The van der Waals surface area contributed by atoms with Crippen molar-refractivity contribution in [3.63, 3.8) is 0 Å². The zero-order valence-electron chi connectivity index (χ0n) is 11.9. The molecule has 4 nitrogen and oxygen atoms in total. The van der Waals surface area contributed by atoms with E-state index in [0.29, 0.717) is 11.4 Å². The number of halogens is 1. The largest absolute Gasteiger partial charge is 0.392 e. The lowest BCUT2D eigenvalue weighted by molar-refractivity contribution is 0.137. The van der Waals surface area contributed by atoms with Gasteiger partial charge in [-0.1, -0.05) is 36.7 Å². The number of nitrogens with zero attached hydrogens (tertiary/aromatic N) is 3. The first kappa shape index (κ1) is 14.5. The van der Waals surface area contributed by atoms with Gasteiger partial charge >= 0.3 is 0 Å². The van der Waals surface area contributed by atoms with Crippen LogP contribution in [0.4, 0.5) is 4.39 Å². The first-order chi connectivity index (χ1) is 10.2. The standard InChI is InChI=1S/C15H18FN3OS/c1-19-14(10-6-2-3-7-11(10)16)17-18-15(19)21-13-9-5-4-8-12(13)20/h2-3,6-7,12-13,20H,4-5,8-9H2,1H3. The summed E-state index contributed by atoms with van der Waals surface area (Å²) in [6.45, 7) is 0. The minimum atomic E-state index is -0.303. The lowest BCUT2D eigenvalue weighted by Gasteiger charge is -2.26. The Bertz CT molecular complexity index is 631. The minimum absolute atomic E-state index is 0.148. The fourth-order valence-electron chi connectivity index (χ4n) is 2.64. The van der Waals surface area contributed by atoms with Gasteiger partial charge in [0.1, 0.15) is 5.82 Å². The number of aromatic nitrogens is 3. The number of hydrogen-bond acceptors (Lipinski definition) is 4. The average Bonchev–Trinajstić information content (AvgIpc) is 2.83. The van der Waals surface area contributed by atoms with Gasteiger partial charge in [0.05, 0.1) is 11.7 Å². The maximum absolute atomic E-state index is 13.9. The van der Waals surface area contributed by atoms with Gasteiger partial charge in [-0.3, -0.25) is 0 Å². The molecule has 1 N–H and O–H groups in total. The third kappa shape index (κ3) is 2.96. The van der Waals surface area contributed by atoms with E-state index in [4.69, 9.17) is 0 Å². The first-order valence-corrected chi connectivity index (χ1v) is 8.04. The molecule has 2 aromatic rings. The topological polar surface area (TPSA) is 50.9 Å². The molecule has 0 bridgehead atoms. The molecule has 6 heteroatoms. The highest BCUT2D eigenvalue weighted by molar-refractivity contribution is 7.99. The number of thioether (sulfide) groups is 1. The van der Waals surface area contributed by atoms with Crippen LogP contribution in [0.5, 0.6) is 0 Å². The van der Waals surface area contributed by atoms with Crippen LogP contribution in [0.25, 0.3) is 11.4 Å². The van der Waals surface area contributed by atoms with Crippen molar-refractivity contribution in [3.05, 3.63) is 30.1 Å². The van der Waals surface area contributed by atoms with Crippen LogP contribution >= 0.6 is 11.8 Å². The third-order valence-corrected chi connectivity index (χ3v) is 5.29. The Hall–Kier alpha value is -1.40. The fraction of sp³-hybridized carbons (Fsp3) is 0.467. The fourth-order valence-corrected chi connectivity index (χ4v) is 3.83. The summed E-state index contributed by atoms with van der Waals surface area (Å²) in [5.74, 6) is 0.211. The van der Waals surface area contributed by atoms with Gasteiger partial charge in [-0.05, 0) is 25.0 Å². The smallest absolute Gasteiger partial charge is 0.191 e. The number of hydrogen-bond donors (Lipinski definition) is 1. The molecule has 1 aliphatic rings. The van der Waals surface area contributed by atoms with Crippen molar-refractivity contribution in [1.82, 2.24) is 14.8 Å². The summed E-state index contributed by atoms with van der Waals surface area (Å²) in [4.78, 5) is 0. The second-order valence-electron chi connectivity index (χ2n) is 5.35. The molecule has 1 aromatic heterocycles. The molecule has 1 fully saturated rings. The zero-order valence-corrected chi connectivity index (χ0v) is 12.7. The molecular weight excluding hydrogens is 289 g/mol. The van der Waals surface area contributed by atoms with Crippen molar-refractivity contribution in [2.24, 2.45) is 7.05 Å². The van der Waals surface area contributed by atoms with Crippen molar-refractivity contribution in [2.45, 2.75) is 42.2 Å². The molecule has 21 heavy (non-hydrogen) atoms. The van der Waals surface area contributed by atoms with E-state index in [-0.39, 0.29) is 17.2 Å². The van der Waals surface area contributed by atoms with Gasteiger partial charge in [-0.25, -0.2) is 4.39 Å². The molecule has 2 unspecified atom stereocenters. The highest BCUT2D eigenvalue weighted by atomic mass is 32.2. The highest BCUT2D eigenvalue weighted by Gasteiger charge is 2.26. The van der Waals surface area contributed by atoms with E-state index in [2.05, 4.69) is 10.2 Å². The van der Waals surface area contributed by atoms with Crippen molar-refractivity contribution in [2.75, 3.05) is 0 Å². The molecule has 2 atom stereocenters. The second-order valence-corrected chi connectivity index (χ2v) is 6.56. The molecule has 1 aliphatic carbocycles. The third-order valence-electron chi connectivity index (χ3n) is 3.87. The van der Waals surface area contributed by atoms with Crippen molar-refractivity contribution < 1.29 is 9.50 Å². The van der Waals surface area contributed by atoms with Crippen molar-refractivity contribution >= 4 is 11.8 Å². The Labute approximate surface area is 127 Å². The van der Waals surface area contributed by atoms with Crippen molar-refractivity contribution in [3.8, 4) is 11.4 Å². The van der Waals surface area contributed by atoms with Crippen molar-refractivity contribution in [1.29, 1.82) is 0 Å². The summed E-state index contributed by atoms with van der Waals surface area (Å²) in [5.41, 5.74) is 0.448. The van der Waals surface area contributed by atoms with Crippen LogP contribution in [0.15, 0.2) is 29.4 Å². The molecule has 1 heterocycles. The van der Waals surface area contributed by atoms with Gasteiger partial charge in [0.25, 0.3) is 0 Å². The number of rotatable bonds is 3. The maximum Gasteiger partial charge on any atom is 0.191 e. The molecule has 1 saturated carbocycles. The van der Waals surface area contributed by atoms with E-state index in [1.165, 1.54) is 17.8 Å².